The Hall–Kier alpha value is -1.33. The molecule has 1 rings (SSSR count). The van der Waals surface area contributed by atoms with Crippen LogP contribution >= 0.6 is 0 Å². The molecule has 0 bridgehead atoms. The van der Waals surface area contributed by atoms with Crippen LogP contribution in [0.2, 0.25) is 0 Å². The number of pyridine rings is 1. The lowest BCUT2D eigenvalue weighted by molar-refractivity contribution is 0.0793. The fourth-order valence-electron chi connectivity index (χ4n) is 1.46. The van der Waals surface area contributed by atoms with E-state index in [1.165, 1.54) is 0 Å². The standard InChI is InChI=1S/C12H20N2O3/c1-12(2,15)8-13-7-9-11(17-4)10(16-3)5-6-14-9/h5-6,13,15H,7-8H2,1-4H3. The molecule has 0 radical (unpaired) electrons. The average molecular weight is 240 g/mol. The number of ether oxygens (including phenoxy) is 2. The van der Waals surface area contributed by atoms with E-state index < -0.39 is 5.60 Å². The van der Waals surface area contributed by atoms with Crippen LogP contribution in [0.25, 0.3) is 0 Å². The van der Waals surface area contributed by atoms with Crippen LogP contribution in [0.15, 0.2) is 12.3 Å². The highest BCUT2D eigenvalue weighted by Gasteiger charge is 2.14. The van der Waals surface area contributed by atoms with Crippen molar-refractivity contribution in [1.82, 2.24) is 10.3 Å². The lowest BCUT2D eigenvalue weighted by Gasteiger charge is -2.18. The molecule has 0 aliphatic carbocycles. The normalized spacial score (nSPS) is 11.4. The van der Waals surface area contributed by atoms with Crippen LogP contribution in [0.3, 0.4) is 0 Å². The molecule has 1 heterocycles. The van der Waals surface area contributed by atoms with Crippen LogP contribution in [0, 0.1) is 0 Å². The summed E-state index contributed by atoms with van der Waals surface area (Å²) in [5, 5.41) is 12.7. The average Bonchev–Trinajstić information content (AvgIpc) is 2.27. The summed E-state index contributed by atoms with van der Waals surface area (Å²) < 4.78 is 10.4. The van der Waals surface area contributed by atoms with E-state index in [0.29, 0.717) is 24.6 Å². The molecule has 2 N–H and O–H groups in total. The van der Waals surface area contributed by atoms with Crippen LogP contribution < -0.4 is 14.8 Å². The lowest BCUT2D eigenvalue weighted by atomic mass is 10.1. The third-order valence-corrected chi connectivity index (χ3v) is 2.22. The van der Waals surface area contributed by atoms with Gasteiger partial charge in [0.05, 0.1) is 25.5 Å². The van der Waals surface area contributed by atoms with E-state index in [1.807, 2.05) is 0 Å². The third kappa shape index (κ3) is 4.20. The molecule has 0 aliphatic heterocycles. The molecule has 0 unspecified atom stereocenters. The predicted molar refractivity (Wildman–Crippen MR) is 65.3 cm³/mol. The van der Waals surface area contributed by atoms with Gasteiger partial charge in [-0.05, 0) is 13.8 Å². The second-order valence-corrected chi connectivity index (χ2v) is 4.41. The smallest absolute Gasteiger partial charge is 0.183 e. The molecule has 17 heavy (non-hydrogen) atoms. The van der Waals surface area contributed by atoms with Crippen LogP contribution in [-0.4, -0.2) is 36.5 Å². The van der Waals surface area contributed by atoms with Gasteiger partial charge in [-0.3, -0.25) is 4.98 Å². The zero-order valence-electron chi connectivity index (χ0n) is 10.8. The fraction of sp³-hybridized carbons (Fsp3) is 0.583. The summed E-state index contributed by atoms with van der Waals surface area (Å²) in [6, 6.07) is 1.75. The third-order valence-electron chi connectivity index (χ3n) is 2.22. The first-order valence-corrected chi connectivity index (χ1v) is 5.47. The molecule has 96 valence electrons. The van der Waals surface area contributed by atoms with Crippen LogP contribution in [0.4, 0.5) is 0 Å². The Morgan fingerprint density at radius 1 is 1.35 bits per heavy atom. The number of rotatable bonds is 6. The SMILES string of the molecule is COc1ccnc(CNCC(C)(C)O)c1OC. The van der Waals surface area contributed by atoms with Crippen molar-refractivity contribution in [2.24, 2.45) is 0 Å². The van der Waals surface area contributed by atoms with Gasteiger partial charge in [-0.25, -0.2) is 0 Å². The Kier molecular flexibility index (Phi) is 4.72. The minimum Gasteiger partial charge on any atom is -0.493 e. The van der Waals surface area contributed by atoms with Crippen molar-refractivity contribution >= 4 is 0 Å². The van der Waals surface area contributed by atoms with Crippen LogP contribution in [0.5, 0.6) is 11.5 Å². The fourth-order valence-corrected chi connectivity index (χ4v) is 1.46. The summed E-state index contributed by atoms with van der Waals surface area (Å²) >= 11 is 0. The molecule has 1 aromatic rings. The second kappa shape index (κ2) is 5.84. The molecule has 1 aromatic heterocycles. The summed E-state index contributed by atoms with van der Waals surface area (Å²) in [4.78, 5) is 4.23. The van der Waals surface area contributed by atoms with Gasteiger partial charge in [0, 0.05) is 25.4 Å². The molecule has 0 saturated carbocycles. The highest BCUT2D eigenvalue weighted by molar-refractivity contribution is 5.42. The largest absolute Gasteiger partial charge is 0.493 e. The van der Waals surface area contributed by atoms with Gasteiger partial charge in [0.15, 0.2) is 11.5 Å². The Morgan fingerprint density at radius 2 is 2.06 bits per heavy atom. The Bertz CT molecular complexity index is 361. The van der Waals surface area contributed by atoms with Gasteiger partial charge < -0.3 is 19.9 Å². The number of methoxy groups -OCH3 is 2. The van der Waals surface area contributed by atoms with Gasteiger partial charge in [-0.1, -0.05) is 0 Å². The van der Waals surface area contributed by atoms with E-state index in [2.05, 4.69) is 10.3 Å². The first kappa shape index (κ1) is 13.7. The molecule has 0 saturated heterocycles. The van der Waals surface area contributed by atoms with E-state index in [9.17, 15) is 5.11 Å². The topological polar surface area (TPSA) is 63.6 Å². The first-order valence-electron chi connectivity index (χ1n) is 5.47. The van der Waals surface area contributed by atoms with Crippen molar-refractivity contribution in [3.05, 3.63) is 18.0 Å². The maximum Gasteiger partial charge on any atom is 0.183 e. The maximum atomic E-state index is 9.58. The van der Waals surface area contributed by atoms with Crippen LogP contribution in [0.1, 0.15) is 19.5 Å². The molecule has 0 aliphatic rings. The number of aliphatic hydroxyl groups is 1. The minimum atomic E-state index is -0.744. The minimum absolute atomic E-state index is 0.481. The van der Waals surface area contributed by atoms with Crippen molar-refractivity contribution in [1.29, 1.82) is 0 Å². The molecule has 5 nitrogen and oxygen atoms in total. The molecule has 0 amide bonds. The van der Waals surface area contributed by atoms with E-state index in [1.54, 1.807) is 40.3 Å². The summed E-state index contributed by atoms with van der Waals surface area (Å²) in [6.45, 7) is 4.49. The summed E-state index contributed by atoms with van der Waals surface area (Å²) in [6.07, 6.45) is 1.67. The van der Waals surface area contributed by atoms with E-state index >= 15 is 0 Å². The van der Waals surface area contributed by atoms with Gasteiger partial charge in [-0.15, -0.1) is 0 Å². The van der Waals surface area contributed by atoms with Gasteiger partial charge in [0.25, 0.3) is 0 Å². The van der Waals surface area contributed by atoms with Crippen molar-refractivity contribution in [3.63, 3.8) is 0 Å². The Labute approximate surface area is 102 Å². The Balaban J connectivity index is 2.70. The van der Waals surface area contributed by atoms with E-state index in [-0.39, 0.29) is 0 Å². The van der Waals surface area contributed by atoms with E-state index in [0.717, 1.165) is 5.69 Å². The summed E-state index contributed by atoms with van der Waals surface area (Å²) in [5.74, 6) is 1.28. The highest BCUT2D eigenvalue weighted by Crippen LogP contribution is 2.28. The number of hydrogen-bond donors (Lipinski definition) is 2. The molecule has 5 heteroatoms. The van der Waals surface area contributed by atoms with E-state index in [4.69, 9.17) is 9.47 Å². The molecule has 0 atom stereocenters. The van der Waals surface area contributed by atoms with Crippen molar-refractivity contribution < 1.29 is 14.6 Å². The predicted octanol–water partition coefficient (Wildman–Crippen LogP) is 0.959. The van der Waals surface area contributed by atoms with Crippen molar-refractivity contribution in [2.75, 3.05) is 20.8 Å². The van der Waals surface area contributed by atoms with Gasteiger partial charge in [-0.2, -0.15) is 0 Å². The molecule has 0 aromatic carbocycles. The lowest BCUT2D eigenvalue weighted by Crippen LogP contribution is -2.34. The number of nitrogens with zero attached hydrogens (tertiary/aromatic N) is 1. The zero-order chi connectivity index (χ0) is 12.9. The van der Waals surface area contributed by atoms with Crippen LogP contribution in [-0.2, 0) is 6.54 Å². The van der Waals surface area contributed by atoms with Crippen molar-refractivity contribution in [2.45, 2.75) is 26.0 Å². The summed E-state index contributed by atoms with van der Waals surface area (Å²) in [7, 11) is 3.17. The molecule has 0 spiro atoms. The van der Waals surface area contributed by atoms with Gasteiger partial charge >= 0.3 is 0 Å². The van der Waals surface area contributed by atoms with Gasteiger partial charge in [0.1, 0.15) is 0 Å². The number of aromatic nitrogens is 1. The van der Waals surface area contributed by atoms with Crippen molar-refractivity contribution in [3.8, 4) is 11.5 Å². The molecular formula is C12H20N2O3. The van der Waals surface area contributed by atoms with Gasteiger partial charge in [0.2, 0.25) is 0 Å². The Morgan fingerprint density at radius 3 is 2.59 bits per heavy atom. The zero-order valence-corrected chi connectivity index (χ0v) is 10.8. The quantitative estimate of drug-likeness (QED) is 0.775. The summed E-state index contributed by atoms with van der Waals surface area (Å²) in [5.41, 5.74) is 0.0163. The number of hydrogen-bond acceptors (Lipinski definition) is 5. The highest BCUT2D eigenvalue weighted by atomic mass is 16.5. The second-order valence-electron chi connectivity index (χ2n) is 4.41. The monoisotopic (exact) mass is 240 g/mol. The molecule has 0 fully saturated rings. The molecular weight excluding hydrogens is 220 g/mol. The maximum absolute atomic E-state index is 9.58. The first-order chi connectivity index (χ1) is 7.98. The number of nitrogens with one attached hydrogen (secondary N) is 1.